The quantitative estimate of drug-likeness (QED) is 0.469. The second kappa shape index (κ2) is 5.45. The molecule has 5 heteroatoms. The summed E-state index contributed by atoms with van der Waals surface area (Å²) < 4.78 is 35.4. The zero-order valence-corrected chi connectivity index (χ0v) is 7.19. The Hall–Kier alpha value is -1.19. The average Bonchev–Trinajstić information content (AvgIpc) is 2.06. The average molecular weight is 204 g/mol. The van der Waals surface area contributed by atoms with E-state index in [4.69, 9.17) is 5.41 Å². The first-order chi connectivity index (χ1) is 6.02. The van der Waals surface area contributed by atoms with Crippen LogP contribution in [-0.4, -0.2) is 5.16 Å². The van der Waals surface area contributed by atoms with Crippen molar-refractivity contribution >= 4 is 17.4 Å². The van der Waals surface area contributed by atoms with Crippen LogP contribution in [0.1, 0.15) is 5.56 Å². The van der Waals surface area contributed by atoms with Gasteiger partial charge in [-0.1, -0.05) is 42.5 Å². The van der Waals surface area contributed by atoms with Crippen LogP contribution >= 0.6 is 12.2 Å². The number of halogens is 3. The van der Waals surface area contributed by atoms with E-state index in [0.29, 0.717) is 0 Å². The second-order valence-corrected chi connectivity index (χ2v) is 2.14. The molecule has 0 N–H and O–H groups in total. The summed E-state index contributed by atoms with van der Waals surface area (Å²) in [6.07, 6.45) is -4.21. The summed E-state index contributed by atoms with van der Waals surface area (Å²) in [6.45, 7) is 0. The standard InChI is InChI=1S/C7H5F3.CNS/c8-7(9,10)6-4-2-1-3-5-6;2-1-3/h1-5H;/q;-1. The zero-order valence-electron chi connectivity index (χ0n) is 6.38. The van der Waals surface area contributed by atoms with Crippen LogP contribution in [0.4, 0.5) is 13.2 Å². The van der Waals surface area contributed by atoms with E-state index in [1.807, 2.05) is 0 Å². The highest BCUT2D eigenvalue weighted by Gasteiger charge is 2.29. The van der Waals surface area contributed by atoms with E-state index in [0.717, 1.165) is 12.1 Å². The Labute approximate surface area is 78.7 Å². The van der Waals surface area contributed by atoms with Crippen LogP contribution in [0.15, 0.2) is 30.3 Å². The smallest absolute Gasteiger partial charge is 0.416 e. The Bertz CT molecular complexity index is 275. The molecule has 1 aromatic carbocycles. The van der Waals surface area contributed by atoms with Crippen LogP contribution in [-0.2, 0) is 6.18 Å². The fraction of sp³-hybridized carbons (Fsp3) is 0.125. The molecule has 0 amide bonds. The predicted molar refractivity (Wildman–Crippen MR) is 47.4 cm³/mol. The van der Waals surface area contributed by atoms with Crippen LogP contribution in [0.25, 0.3) is 5.41 Å². The molecule has 0 bridgehead atoms. The van der Waals surface area contributed by atoms with E-state index in [9.17, 15) is 13.2 Å². The topological polar surface area (TPSA) is 22.3 Å². The lowest BCUT2D eigenvalue weighted by molar-refractivity contribution is -0.137. The van der Waals surface area contributed by atoms with E-state index < -0.39 is 11.7 Å². The number of rotatable bonds is 0. The summed E-state index contributed by atoms with van der Waals surface area (Å²) in [6, 6.07) is 6.36. The molecule has 0 heterocycles. The highest BCUT2D eigenvalue weighted by Crippen LogP contribution is 2.28. The summed E-state index contributed by atoms with van der Waals surface area (Å²) in [4.78, 5) is 0. The molecular formula is C8H5F3NS-. The molecule has 1 aromatic rings. The Morgan fingerprint density at radius 1 is 1.15 bits per heavy atom. The van der Waals surface area contributed by atoms with Gasteiger partial charge in [0.05, 0.1) is 5.56 Å². The van der Waals surface area contributed by atoms with E-state index in [-0.39, 0.29) is 0 Å². The molecule has 0 aromatic heterocycles. The summed E-state index contributed by atoms with van der Waals surface area (Å²) in [5.41, 5.74) is -0.602. The number of benzene rings is 1. The number of nitrogens with zero attached hydrogens (tertiary/aromatic N) is 1. The highest BCUT2D eigenvalue weighted by atomic mass is 32.1. The monoisotopic (exact) mass is 204 g/mol. The van der Waals surface area contributed by atoms with Gasteiger partial charge in [0.15, 0.2) is 0 Å². The van der Waals surface area contributed by atoms with Crippen LogP contribution in [0.2, 0.25) is 0 Å². The molecule has 0 radical (unpaired) electrons. The molecule has 0 saturated heterocycles. The summed E-state index contributed by atoms with van der Waals surface area (Å²) in [5.74, 6) is 0. The Morgan fingerprint density at radius 2 is 1.54 bits per heavy atom. The molecule has 0 atom stereocenters. The van der Waals surface area contributed by atoms with E-state index >= 15 is 0 Å². The minimum Gasteiger partial charge on any atom is -0.753 e. The largest absolute Gasteiger partial charge is 0.753 e. The molecule has 0 spiro atoms. The normalized spacial score (nSPS) is 9.46. The van der Waals surface area contributed by atoms with Crippen molar-refractivity contribution in [3.8, 4) is 0 Å². The third kappa shape index (κ3) is 5.11. The third-order valence-electron chi connectivity index (χ3n) is 1.10. The number of hydrogen-bond acceptors (Lipinski definition) is 1. The first-order valence-electron chi connectivity index (χ1n) is 3.16. The first kappa shape index (κ1) is 11.8. The molecule has 0 aliphatic rings. The minimum absolute atomic E-state index is 0.602. The highest BCUT2D eigenvalue weighted by molar-refractivity contribution is 7.78. The van der Waals surface area contributed by atoms with Crippen molar-refractivity contribution in [3.05, 3.63) is 41.3 Å². The molecule has 0 fully saturated rings. The van der Waals surface area contributed by atoms with Crippen molar-refractivity contribution in [2.24, 2.45) is 0 Å². The fourth-order valence-corrected chi connectivity index (χ4v) is 0.627. The molecule has 0 aliphatic heterocycles. The van der Waals surface area contributed by atoms with Crippen molar-refractivity contribution in [1.29, 1.82) is 0 Å². The number of thiocarbonyl (C=S) groups is 1. The minimum atomic E-state index is -4.21. The molecule has 70 valence electrons. The summed E-state index contributed by atoms with van der Waals surface area (Å²) in [5, 5.41) is 8.47. The Morgan fingerprint density at radius 3 is 1.77 bits per heavy atom. The van der Waals surface area contributed by atoms with Crippen LogP contribution in [0.5, 0.6) is 0 Å². The van der Waals surface area contributed by atoms with Gasteiger partial charge in [0.2, 0.25) is 0 Å². The Balaban J connectivity index is 0.000000424. The molecular weight excluding hydrogens is 199 g/mol. The first-order valence-corrected chi connectivity index (χ1v) is 3.56. The molecule has 0 aliphatic carbocycles. The van der Waals surface area contributed by atoms with Crippen molar-refractivity contribution in [1.82, 2.24) is 0 Å². The van der Waals surface area contributed by atoms with E-state index in [1.54, 1.807) is 6.07 Å². The van der Waals surface area contributed by atoms with Crippen LogP contribution in [0, 0.1) is 0 Å². The van der Waals surface area contributed by atoms with Crippen LogP contribution < -0.4 is 0 Å². The maximum absolute atomic E-state index is 11.8. The van der Waals surface area contributed by atoms with Gasteiger partial charge >= 0.3 is 6.18 Å². The van der Waals surface area contributed by atoms with Crippen molar-refractivity contribution in [3.63, 3.8) is 0 Å². The number of alkyl halides is 3. The molecule has 0 saturated carbocycles. The van der Waals surface area contributed by atoms with Gasteiger partial charge in [-0.3, -0.25) is 0 Å². The fourth-order valence-electron chi connectivity index (χ4n) is 0.627. The number of hydrogen-bond donors (Lipinski definition) is 0. The summed E-state index contributed by atoms with van der Waals surface area (Å²) in [7, 11) is 0. The molecule has 1 nitrogen and oxygen atoms in total. The lowest BCUT2D eigenvalue weighted by Gasteiger charge is -2.03. The van der Waals surface area contributed by atoms with Gasteiger partial charge in [-0.25, -0.2) is 0 Å². The van der Waals surface area contributed by atoms with E-state index in [1.165, 1.54) is 17.3 Å². The van der Waals surface area contributed by atoms with Crippen molar-refractivity contribution in [2.45, 2.75) is 6.18 Å². The van der Waals surface area contributed by atoms with Gasteiger partial charge in [-0.05, 0) is 0 Å². The number of isothiocyanates is 1. The van der Waals surface area contributed by atoms with Gasteiger partial charge in [0, 0.05) is 0 Å². The van der Waals surface area contributed by atoms with Gasteiger partial charge in [-0.15, -0.1) is 0 Å². The van der Waals surface area contributed by atoms with Crippen LogP contribution in [0.3, 0.4) is 0 Å². The molecule has 13 heavy (non-hydrogen) atoms. The predicted octanol–water partition coefficient (Wildman–Crippen LogP) is 3.36. The molecule has 1 rings (SSSR count). The lowest BCUT2D eigenvalue weighted by atomic mass is 10.2. The lowest BCUT2D eigenvalue weighted by Crippen LogP contribution is -2.03. The van der Waals surface area contributed by atoms with Crippen molar-refractivity contribution in [2.75, 3.05) is 0 Å². The van der Waals surface area contributed by atoms with E-state index in [2.05, 4.69) is 12.2 Å². The van der Waals surface area contributed by atoms with Gasteiger partial charge in [-0.2, -0.15) is 18.3 Å². The van der Waals surface area contributed by atoms with Crippen molar-refractivity contribution < 1.29 is 13.2 Å². The second-order valence-electron chi connectivity index (χ2n) is 1.96. The Kier molecular flexibility index (Phi) is 4.96. The maximum Gasteiger partial charge on any atom is 0.416 e. The maximum atomic E-state index is 11.8. The summed E-state index contributed by atoms with van der Waals surface area (Å²) >= 11 is 3.70. The SMILES string of the molecule is FC(F)(F)c1ccccc1.[N-]=C=S. The van der Waals surface area contributed by atoms with Gasteiger partial charge in [0.1, 0.15) is 0 Å². The van der Waals surface area contributed by atoms with Gasteiger partial charge < -0.3 is 5.41 Å². The zero-order chi connectivity index (χ0) is 10.3. The van der Waals surface area contributed by atoms with Gasteiger partial charge in [0.25, 0.3) is 0 Å². The third-order valence-corrected chi connectivity index (χ3v) is 1.10. The molecule has 0 unspecified atom stereocenters.